The van der Waals surface area contributed by atoms with Crippen LogP contribution < -0.4 is 20.1 Å². The van der Waals surface area contributed by atoms with Gasteiger partial charge in [0.25, 0.3) is 0 Å². The molecule has 0 saturated carbocycles. The Bertz CT molecular complexity index is 555. The fourth-order valence-electron chi connectivity index (χ4n) is 1.90. The molecular formula is C17H22MgN2NiO2S. The smallest absolute Gasteiger partial charge is 0.316 e. The molecule has 2 rings (SSSR count). The van der Waals surface area contributed by atoms with E-state index in [2.05, 4.69) is 10.6 Å². The molecule has 0 heterocycles. The molecule has 24 heavy (non-hydrogen) atoms. The molecule has 4 nitrogen and oxygen atoms in total. The molecule has 0 aromatic heterocycles. The number of benzene rings is 2. The minimum atomic E-state index is 0. The van der Waals surface area contributed by atoms with Crippen LogP contribution in [0.4, 0.5) is 11.4 Å². The molecule has 0 aliphatic rings. The van der Waals surface area contributed by atoms with Crippen molar-refractivity contribution in [1.29, 1.82) is 0 Å². The molecule has 0 spiro atoms. The molecule has 0 fully saturated rings. The van der Waals surface area contributed by atoms with Crippen LogP contribution in [0.5, 0.6) is 11.5 Å². The first-order valence-corrected chi connectivity index (χ1v) is 7.65. The fourth-order valence-corrected chi connectivity index (χ4v) is 2.13. The van der Waals surface area contributed by atoms with E-state index in [0.717, 1.165) is 22.9 Å². The SMILES string of the molecule is CCOc1ccc(NC(=S)Nc2ccc(OCC)cc2)cc1.[MgH2].[Ni]. The first-order valence-electron chi connectivity index (χ1n) is 7.25. The van der Waals surface area contributed by atoms with E-state index in [9.17, 15) is 0 Å². The van der Waals surface area contributed by atoms with E-state index in [4.69, 9.17) is 21.7 Å². The van der Waals surface area contributed by atoms with Gasteiger partial charge in [0.2, 0.25) is 0 Å². The van der Waals surface area contributed by atoms with Gasteiger partial charge in [0, 0.05) is 27.9 Å². The summed E-state index contributed by atoms with van der Waals surface area (Å²) in [6, 6.07) is 15.3. The summed E-state index contributed by atoms with van der Waals surface area (Å²) in [5, 5.41) is 6.80. The zero-order chi connectivity index (χ0) is 15.8. The van der Waals surface area contributed by atoms with Crippen LogP contribution in [-0.2, 0) is 16.5 Å². The summed E-state index contributed by atoms with van der Waals surface area (Å²) < 4.78 is 10.8. The first-order chi connectivity index (χ1) is 10.7. The van der Waals surface area contributed by atoms with Gasteiger partial charge in [-0.05, 0) is 74.6 Å². The van der Waals surface area contributed by atoms with Gasteiger partial charge < -0.3 is 20.1 Å². The Morgan fingerprint density at radius 1 is 0.792 bits per heavy atom. The molecule has 0 aliphatic carbocycles. The maximum absolute atomic E-state index is 5.40. The van der Waals surface area contributed by atoms with Gasteiger partial charge in [-0.1, -0.05) is 0 Å². The zero-order valence-corrected chi connectivity index (χ0v) is 14.9. The van der Waals surface area contributed by atoms with E-state index in [1.807, 2.05) is 62.4 Å². The average molecular weight is 401 g/mol. The molecule has 2 aromatic carbocycles. The van der Waals surface area contributed by atoms with Gasteiger partial charge in [0.15, 0.2) is 5.11 Å². The van der Waals surface area contributed by atoms with Crippen molar-refractivity contribution in [2.45, 2.75) is 13.8 Å². The molecule has 130 valence electrons. The van der Waals surface area contributed by atoms with Crippen molar-refractivity contribution in [3.05, 3.63) is 48.5 Å². The summed E-state index contributed by atoms with van der Waals surface area (Å²) in [7, 11) is 0. The van der Waals surface area contributed by atoms with Crippen molar-refractivity contribution >= 4 is 51.8 Å². The topological polar surface area (TPSA) is 42.5 Å². The van der Waals surface area contributed by atoms with Crippen LogP contribution in [0.3, 0.4) is 0 Å². The van der Waals surface area contributed by atoms with Gasteiger partial charge in [-0.3, -0.25) is 0 Å². The summed E-state index contributed by atoms with van der Waals surface area (Å²) >= 11 is 5.30. The second-order valence-electron chi connectivity index (χ2n) is 4.49. The summed E-state index contributed by atoms with van der Waals surface area (Å²) in [5.41, 5.74) is 1.82. The van der Waals surface area contributed by atoms with Crippen LogP contribution in [0, 0.1) is 0 Å². The van der Waals surface area contributed by atoms with E-state index in [1.54, 1.807) is 0 Å². The average Bonchev–Trinajstić information content (AvgIpc) is 2.52. The molecular weight excluding hydrogens is 379 g/mol. The Kier molecular flexibility index (Phi) is 11.8. The summed E-state index contributed by atoms with van der Waals surface area (Å²) in [5.74, 6) is 1.69. The Balaban J connectivity index is 0.00000264. The monoisotopic (exact) mass is 400 g/mol. The molecule has 0 saturated heterocycles. The minimum Gasteiger partial charge on any atom is -0.494 e. The predicted octanol–water partition coefficient (Wildman–Crippen LogP) is 3.37. The maximum atomic E-state index is 5.40. The number of hydrogen-bond acceptors (Lipinski definition) is 3. The van der Waals surface area contributed by atoms with Crippen molar-refractivity contribution in [2.75, 3.05) is 23.8 Å². The third-order valence-electron chi connectivity index (χ3n) is 2.85. The molecule has 0 radical (unpaired) electrons. The third-order valence-corrected chi connectivity index (χ3v) is 3.05. The number of rotatable bonds is 6. The van der Waals surface area contributed by atoms with Crippen molar-refractivity contribution < 1.29 is 26.0 Å². The molecule has 2 N–H and O–H groups in total. The minimum absolute atomic E-state index is 0. The molecule has 2 aromatic rings. The van der Waals surface area contributed by atoms with E-state index < -0.39 is 0 Å². The molecule has 0 unspecified atom stereocenters. The number of nitrogens with one attached hydrogen (secondary N) is 2. The van der Waals surface area contributed by atoms with Gasteiger partial charge in [-0.2, -0.15) is 0 Å². The van der Waals surface area contributed by atoms with Crippen molar-refractivity contribution in [1.82, 2.24) is 0 Å². The summed E-state index contributed by atoms with van der Waals surface area (Å²) in [6.07, 6.45) is 0. The molecule has 7 heteroatoms. The van der Waals surface area contributed by atoms with Crippen molar-refractivity contribution in [3.63, 3.8) is 0 Å². The second kappa shape index (κ2) is 12.4. The first kappa shape index (κ1) is 23.0. The van der Waals surface area contributed by atoms with Crippen molar-refractivity contribution in [3.8, 4) is 11.5 Å². The Morgan fingerprint density at radius 2 is 1.12 bits per heavy atom. The third kappa shape index (κ3) is 7.71. The molecule has 0 atom stereocenters. The van der Waals surface area contributed by atoms with E-state index in [0.29, 0.717) is 18.3 Å². The Morgan fingerprint density at radius 3 is 1.42 bits per heavy atom. The Labute approximate surface area is 174 Å². The Hall–Kier alpha value is -1.01. The van der Waals surface area contributed by atoms with E-state index in [-0.39, 0.29) is 39.5 Å². The molecule has 0 bridgehead atoms. The van der Waals surface area contributed by atoms with Crippen LogP contribution >= 0.6 is 12.2 Å². The molecule has 0 aliphatic heterocycles. The van der Waals surface area contributed by atoms with Crippen LogP contribution in [0.2, 0.25) is 0 Å². The zero-order valence-electron chi connectivity index (χ0n) is 13.1. The van der Waals surface area contributed by atoms with Crippen molar-refractivity contribution in [2.24, 2.45) is 0 Å². The maximum Gasteiger partial charge on any atom is 0.316 e. The summed E-state index contributed by atoms with van der Waals surface area (Å²) in [6.45, 7) is 5.24. The fraction of sp³-hybridized carbons (Fsp3) is 0.235. The largest absolute Gasteiger partial charge is 0.494 e. The predicted molar refractivity (Wildman–Crippen MR) is 104 cm³/mol. The number of hydrogen-bond donors (Lipinski definition) is 2. The van der Waals surface area contributed by atoms with Crippen LogP contribution in [0.1, 0.15) is 13.8 Å². The number of ether oxygens (including phenoxy) is 2. The van der Waals surface area contributed by atoms with Gasteiger partial charge >= 0.3 is 23.1 Å². The van der Waals surface area contributed by atoms with Gasteiger partial charge in [0.1, 0.15) is 11.5 Å². The van der Waals surface area contributed by atoms with Crippen LogP contribution in [-0.4, -0.2) is 41.4 Å². The molecule has 0 amide bonds. The standard InChI is InChI=1S/C17H20N2O2S.Mg.Ni.2H/c1-3-20-15-9-5-13(6-10-15)18-17(22)19-14-7-11-16(12-8-14)21-4-2;;;;/h5-12H,3-4H2,1-2H3,(H2,18,19,22);;;;. The van der Waals surface area contributed by atoms with Gasteiger partial charge in [-0.15, -0.1) is 0 Å². The van der Waals surface area contributed by atoms with Gasteiger partial charge in [-0.25, -0.2) is 0 Å². The number of thiocarbonyl (C=S) groups is 1. The van der Waals surface area contributed by atoms with Gasteiger partial charge in [0.05, 0.1) is 13.2 Å². The van der Waals surface area contributed by atoms with Crippen LogP contribution in [0.25, 0.3) is 0 Å². The van der Waals surface area contributed by atoms with E-state index in [1.165, 1.54) is 0 Å². The second-order valence-corrected chi connectivity index (χ2v) is 4.90. The van der Waals surface area contributed by atoms with E-state index >= 15 is 0 Å². The quantitative estimate of drug-likeness (QED) is 0.574. The normalized spacial score (nSPS) is 9.08. The van der Waals surface area contributed by atoms with Crippen LogP contribution in [0.15, 0.2) is 48.5 Å². The summed E-state index contributed by atoms with van der Waals surface area (Å²) in [4.78, 5) is 0. The number of anilines is 2.